The number of aliphatic hydroxyl groups excluding tert-OH is 1. The van der Waals surface area contributed by atoms with E-state index < -0.39 is 0 Å². The van der Waals surface area contributed by atoms with Gasteiger partial charge < -0.3 is 14.4 Å². The number of imidazole rings is 1. The van der Waals surface area contributed by atoms with Gasteiger partial charge in [-0.1, -0.05) is 23.4 Å². The third kappa shape index (κ3) is 2.03. The predicted molar refractivity (Wildman–Crippen MR) is 75.6 cm³/mol. The molecule has 2 heterocycles. The van der Waals surface area contributed by atoms with Crippen molar-refractivity contribution >= 4 is 11.8 Å². The summed E-state index contributed by atoms with van der Waals surface area (Å²) in [6.45, 7) is 2.96. The van der Waals surface area contributed by atoms with Crippen LogP contribution in [-0.4, -0.2) is 27.5 Å². The standard InChI is InChI=1S/C14H16N2O2S/c1-9-3-4-12(18-2)10(7-9)13-11(8-17)16-5-6-19-14(16)15-13/h3-4,7,17H,5-6,8H2,1-2H3. The van der Waals surface area contributed by atoms with Gasteiger partial charge in [-0.2, -0.15) is 0 Å². The number of ether oxygens (including phenoxy) is 1. The summed E-state index contributed by atoms with van der Waals surface area (Å²) in [5.74, 6) is 1.82. The van der Waals surface area contributed by atoms with Gasteiger partial charge in [0.15, 0.2) is 5.16 Å². The number of aliphatic hydroxyl groups is 1. The summed E-state index contributed by atoms with van der Waals surface area (Å²) < 4.78 is 7.52. The molecule has 0 aliphatic carbocycles. The highest BCUT2D eigenvalue weighted by Gasteiger charge is 2.23. The molecule has 19 heavy (non-hydrogen) atoms. The molecule has 2 aromatic rings. The van der Waals surface area contributed by atoms with Gasteiger partial charge in [0.1, 0.15) is 5.75 Å². The van der Waals surface area contributed by atoms with Crippen molar-refractivity contribution in [1.29, 1.82) is 0 Å². The predicted octanol–water partition coefficient (Wildman–Crippen LogP) is 2.47. The van der Waals surface area contributed by atoms with Gasteiger partial charge in [0.25, 0.3) is 0 Å². The van der Waals surface area contributed by atoms with Crippen LogP contribution in [0.25, 0.3) is 11.3 Å². The fourth-order valence-electron chi connectivity index (χ4n) is 2.42. The number of methoxy groups -OCH3 is 1. The van der Waals surface area contributed by atoms with E-state index in [0.29, 0.717) is 0 Å². The molecule has 0 unspecified atom stereocenters. The van der Waals surface area contributed by atoms with Gasteiger partial charge in [0.05, 0.1) is 25.1 Å². The number of nitrogens with zero attached hydrogens (tertiary/aromatic N) is 2. The van der Waals surface area contributed by atoms with E-state index in [0.717, 1.165) is 45.7 Å². The normalized spacial score (nSPS) is 13.6. The fraction of sp³-hybridized carbons (Fsp3) is 0.357. The maximum Gasteiger partial charge on any atom is 0.168 e. The molecule has 4 nitrogen and oxygen atoms in total. The molecule has 1 aliphatic rings. The zero-order valence-electron chi connectivity index (χ0n) is 11.0. The van der Waals surface area contributed by atoms with Crippen LogP contribution in [0.5, 0.6) is 5.75 Å². The molecule has 0 spiro atoms. The number of thioether (sulfide) groups is 1. The highest BCUT2D eigenvalue weighted by atomic mass is 32.2. The monoisotopic (exact) mass is 276 g/mol. The summed E-state index contributed by atoms with van der Waals surface area (Å²) in [7, 11) is 1.66. The Bertz CT molecular complexity index is 622. The summed E-state index contributed by atoms with van der Waals surface area (Å²) >= 11 is 1.73. The van der Waals surface area contributed by atoms with Gasteiger partial charge in [-0.3, -0.25) is 0 Å². The molecular formula is C14H16N2O2S. The number of benzene rings is 1. The lowest BCUT2D eigenvalue weighted by atomic mass is 10.1. The van der Waals surface area contributed by atoms with Gasteiger partial charge in [0, 0.05) is 17.9 Å². The van der Waals surface area contributed by atoms with Crippen molar-refractivity contribution in [3.8, 4) is 17.0 Å². The minimum absolute atomic E-state index is 0.0000104. The first kappa shape index (κ1) is 12.6. The topological polar surface area (TPSA) is 47.3 Å². The molecule has 100 valence electrons. The highest BCUT2D eigenvalue weighted by molar-refractivity contribution is 7.99. The lowest BCUT2D eigenvalue weighted by Crippen LogP contribution is -2.01. The summed E-state index contributed by atoms with van der Waals surface area (Å²) in [6, 6.07) is 6.02. The Kier molecular flexibility index (Phi) is 3.24. The first-order valence-corrected chi connectivity index (χ1v) is 7.21. The third-order valence-electron chi connectivity index (χ3n) is 3.34. The van der Waals surface area contributed by atoms with E-state index in [-0.39, 0.29) is 6.61 Å². The van der Waals surface area contributed by atoms with Crippen LogP contribution < -0.4 is 4.74 Å². The Morgan fingerprint density at radius 1 is 1.47 bits per heavy atom. The van der Waals surface area contributed by atoms with Crippen molar-refractivity contribution in [2.24, 2.45) is 0 Å². The van der Waals surface area contributed by atoms with Crippen LogP contribution in [0.15, 0.2) is 23.4 Å². The summed E-state index contributed by atoms with van der Waals surface area (Å²) in [6.07, 6.45) is 0. The van der Waals surface area contributed by atoms with Crippen molar-refractivity contribution in [3.63, 3.8) is 0 Å². The summed E-state index contributed by atoms with van der Waals surface area (Å²) in [5, 5.41) is 10.6. The molecule has 0 atom stereocenters. The Labute approximate surface area is 116 Å². The number of hydrogen-bond donors (Lipinski definition) is 1. The first-order chi connectivity index (χ1) is 9.24. The molecule has 1 N–H and O–H groups in total. The number of hydrogen-bond acceptors (Lipinski definition) is 4. The van der Waals surface area contributed by atoms with E-state index in [4.69, 9.17) is 4.74 Å². The number of rotatable bonds is 3. The Balaban J connectivity index is 2.19. The molecule has 1 aromatic heterocycles. The third-order valence-corrected chi connectivity index (χ3v) is 4.30. The van der Waals surface area contributed by atoms with Crippen LogP contribution in [-0.2, 0) is 13.2 Å². The molecule has 0 saturated carbocycles. The fourth-order valence-corrected chi connectivity index (χ4v) is 3.39. The zero-order valence-corrected chi connectivity index (χ0v) is 11.8. The molecule has 3 rings (SSSR count). The minimum Gasteiger partial charge on any atom is -0.496 e. The average Bonchev–Trinajstić information content (AvgIpc) is 2.98. The van der Waals surface area contributed by atoms with Gasteiger partial charge in [-0.15, -0.1) is 0 Å². The molecule has 1 aromatic carbocycles. The maximum absolute atomic E-state index is 9.65. The second-order valence-corrected chi connectivity index (χ2v) is 5.61. The van der Waals surface area contributed by atoms with E-state index in [1.54, 1.807) is 18.9 Å². The number of fused-ring (bicyclic) bond motifs is 1. The van der Waals surface area contributed by atoms with Gasteiger partial charge in [-0.05, 0) is 19.1 Å². The second-order valence-electron chi connectivity index (χ2n) is 4.55. The van der Waals surface area contributed by atoms with Crippen molar-refractivity contribution in [2.75, 3.05) is 12.9 Å². The number of aromatic nitrogens is 2. The Morgan fingerprint density at radius 2 is 2.32 bits per heavy atom. The van der Waals surface area contributed by atoms with E-state index in [1.807, 2.05) is 19.1 Å². The van der Waals surface area contributed by atoms with Crippen LogP contribution in [0.4, 0.5) is 0 Å². The van der Waals surface area contributed by atoms with E-state index in [9.17, 15) is 5.11 Å². The quantitative estimate of drug-likeness (QED) is 0.935. The molecule has 0 amide bonds. The van der Waals surface area contributed by atoms with Crippen molar-refractivity contribution in [1.82, 2.24) is 9.55 Å². The van der Waals surface area contributed by atoms with E-state index in [1.165, 1.54) is 0 Å². The van der Waals surface area contributed by atoms with Gasteiger partial charge in [0.2, 0.25) is 0 Å². The average molecular weight is 276 g/mol. The lowest BCUT2D eigenvalue weighted by Gasteiger charge is -2.10. The van der Waals surface area contributed by atoms with Crippen LogP contribution in [0.2, 0.25) is 0 Å². The Morgan fingerprint density at radius 3 is 3.05 bits per heavy atom. The van der Waals surface area contributed by atoms with Crippen LogP contribution in [0.3, 0.4) is 0 Å². The summed E-state index contributed by atoms with van der Waals surface area (Å²) in [4.78, 5) is 4.67. The van der Waals surface area contributed by atoms with Crippen LogP contribution in [0.1, 0.15) is 11.3 Å². The molecule has 0 fully saturated rings. The van der Waals surface area contributed by atoms with Crippen molar-refractivity contribution in [2.45, 2.75) is 25.2 Å². The van der Waals surface area contributed by atoms with Crippen molar-refractivity contribution < 1.29 is 9.84 Å². The molecule has 0 radical (unpaired) electrons. The minimum atomic E-state index is -0.0000104. The second kappa shape index (κ2) is 4.90. The SMILES string of the molecule is COc1ccc(C)cc1-c1nc2n(c1CO)CCS2. The largest absolute Gasteiger partial charge is 0.496 e. The highest BCUT2D eigenvalue weighted by Crippen LogP contribution is 2.37. The van der Waals surface area contributed by atoms with E-state index in [2.05, 4.69) is 15.6 Å². The Hall–Kier alpha value is -1.46. The smallest absolute Gasteiger partial charge is 0.168 e. The van der Waals surface area contributed by atoms with Crippen LogP contribution in [0, 0.1) is 6.92 Å². The van der Waals surface area contributed by atoms with Crippen molar-refractivity contribution in [3.05, 3.63) is 29.5 Å². The van der Waals surface area contributed by atoms with E-state index >= 15 is 0 Å². The zero-order chi connectivity index (χ0) is 13.4. The molecule has 5 heteroatoms. The molecule has 0 saturated heterocycles. The molecule has 0 bridgehead atoms. The molecular weight excluding hydrogens is 260 g/mol. The van der Waals surface area contributed by atoms with Gasteiger partial charge in [-0.25, -0.2) is 4.98 Å². The van der Waals surface area contributed by atoms with Crippen LogP contribution >= 0.6 is 11.8 Å². The van der Waals surface area contributed by atoms with Gasteiger partial charge >= 0.3 is 0 Å². The lowest BCUT2D eigenvalue weighted by molar-refractivity contribution is 0.271. The number of aryl methyl sites for hydroxylation is 1. The summed E-state index contributed by atoms with van der Waals surface area (Å²) in [5.41, 5.74) is 3.82. The molecule has 1 aliphatic heterocycles. The first-order valence-electron chi connectivity index (χ1n) is 6.22. The maximum atomic E-state index is 9.65.